The molecule has 1 aliphatic heterocycles. The molecule has 2 bridgehead atoms. The third-order valence-electron chi connectivity index (χ3n) is 5.63. The molecule has 3 fully saturated rings. The lowest BCUT2D eigenvalue weighted by molar-refractivity contribution is -0.156. The molecular formula is C14H22O5S. The summed E-state index contributed by atoms with van der Waals surface area (Å²) in [6.45, 7) is 7.86. The quantitative estimate of drug-likeness (QED) is 0.586. The molecule has 6 atom stereocenters. The molecule has 6 unspecified atom stereocenters. The summed E-state index contributed by atoms with van der Waals surface area (Å²) in [6.07, 6.45) is 0.606. The number of rotatable bonds is 3. The summed E-state index contributed by atoms with van der Waals surface area (Å²) in [5.41, 5.74) is -0.153. The van der Waals surface area contributed by atoms with Crippen molar-refractivity contribution in [3.05, 3.63) is 0 Å². The van der Waals surface area contributed by atoms with E-state index in [0.717, 1.165) is 0 Å². The minimum atomic E-state index is -3.61. The van der Waals surface area contributed by atoms with Gasteiger partial charge >= 0.3 is 5.97 Å². The molecule has 0 aromatic rings. The highest BCUT2D eigenvalue weighted by molar-refractivity contribution is 7.87. The van der Waals surface area contributed by atoms with Crippen molar-refractivity contribution in [3.63, 3.8) is 0 Å². The Morgan fingerprint density at radius 1 is 1.45 bits per heavy atom. The largest absolute Gasteiger partial charge is 0.460 e. The maximum Gasteiger partial charge on any atom is 0.308 e. The number of ether oxygens (including phenoxy) is 1. The summed E-state index contributed by atoms with van der Waals surface area (Å²) in [5.74, 6) is -0.461. The summed E-state index contributed by atoms with van der Waals surface area (Å²) in [6, 6.07) is 0. The summed E-state index contributed by atoms with van der Waals surface area (Å²) >= 11 is 0. The fourth-order valence-corrected chi connectivity index (χ4v) is 6.43. The van der Waals surface area contributed by atoms with Gasteiger partial charge in [0.05, 0.1) is 12.0 Å². The summed E-state index contributed by atoms with van der Waals surface area (Å²) < 4.78 is 35.2. The fourth-order valence-electron chi connectivity index (χ4n) is 4.30. The van der Waals surface area contributed by atoms with Crippen LogP contribution in [0.15, 0.2) is 0 Å². The van der Waals surface area contributed by atoms with Crippen LogP contribution in [0, 0.1) is 23.2 Å². The van der Waals surface area contributed by atoms with Crippen molar-refractivity contribution in [2.45, 2.75) is 58.0 Å². The van der Waals surface area contributed by atoms with Crippen molar-refractivity contribution in [1.29, 1.82) is 0 Å². The standard InChI is InChI=1S/C14H22O5S/c1-5-7(2)13(15)18-11-8-6-9-10(14(8,3)4)12(11)20(16,17)19-9/h7-12H,5-6H2,1-4H3. The van der Waals surface area contributed by atoms with Gasteiger partial charge in [-0.3, -0.25) is 8.98 Å². The van der Waals surface area contributed by atoms with Crippen LogP contribution in [0.2, 0.25) is 0 Å². The second kappa shape index (κ2) is 4.19. The van der Waals surface area contributed by atoms with Gasteiger partial charge in [0.25, 0.3) is 10.1 Å². The van der Waals surface area contributed by atoms with Gasteiger partial charge in [0.1, 0.15) is 11.4 Å². The Kier molecular flexibility index (Phi) is 3.00. The maximum atomic E-state index is 12.2. The third kappa shape index (κ3) is 1.70. The molecule has 0 radical (unpaired) electrons. The van der Waals surface area contributed by atoms with Crippen molar-refractivity contribution in [2.24, 2.45) is 23.2 Å². The first kappa shape index (κ1) is 14.3. The lowest BCUT2D eigenvalue weighted by Gasteiger charge is -2.27. The summed E-state index contributed by atoms with van der Waals surface area (Å²) in [5, 5.41) is -0.672. The minimum Gasteiger partial charge on any atom is -0.460 e. The van der Waals surface area contributed by atoms with E-state index in [1.54, 1.807) is 0 Å². The van der Waals surface area contributed by atoms with E-state index in [4.69, 9.17) is 8.92 Å². The highest BCUT2D eigenvalue weighted by Crippen LogP contribution is 2.64. The molecule has 3 aliphatic rings. The van der Waals surface area contributed by atoms with Crippen LogP contribution in [-0.2, 0) is 23.8 Å². The number of carbonyl (C=O) groups is 1. The molecule has 2 saturated carbocycles. The van der Waals surface area contributed by atoms with E-state index in [2.05, 4.69) is 13.8 Å². The van der Waals surface area contributed by atoms with Crippen LogP contribution in [0.25, 0.3) is 0 Å². The molecule has 0 N–H and O–H groups in total. The second-order valence-corrected chi connectivity index (χ2v) is 8.71. The van der Waals surface area contributed by atoms with E-state index in [9.17, 15) is 13.2 Å². The first-order valence-electron chi connectivity index (χ1n) is 7.32. The SMILES string of the molecule is CCC(C)C(=O)OC1C2CC3OS(=O)(=O)C1C3C2(C)C. The van der Waals surface area contributed by atoms with E-state index in [1.165, 1.54) is 0 Å². The van der Waals surface area contributed by atoms with Gasteiger partial charge in [-0.25, -0.2) is 0 Å². The third-order valence-corrected chi connectivity index (χ3v) is 7.38. The maximum absolute atomic E-state index is 12.2. The molecular weight excluding hydrogens is 280 g/mol. The van der Waals surface area contributed by atoms with E-state index in [1.807, 2.05) is 13.8 Å². The smallest absolute Gasteiger partial charge is 0.308 e. The molecule has 20 heavy (non-hydrogen) atoms. The molecule has 1 heterocycles. The topological polar surface area (TPSA) is 69.7 Å². The first-order chi connectivity index (χ1) is 9.20. The highest BCUT2D eigenvalue weighted by atomic mass is 32.2. The monoisotopic (exact) mass is 302 g/mol. The Hall–Kier alpha value is -0.620. The van der Waals surface area contributed by atoms with Gasteiger partial charge in [0.15, 0.2) is 0 Å². The number of hydrogen-bond donors (Lipinski definition) is 0. The molecule has 2 aliphatic carbocycles. The van der Waals surface area contributed by atoms with E-state index < -0.39 is 21.5 Å². The Morgan fingerprint density at radius 3 is 2.70 bits per heavy atom. The molecule has 0 spiro atoms. The molecule has 0 amide bonds. The van der Waals surface area contributed by atoms with Crippen LogP contribution >= 0.6 is 0 Å². The predicted molar refractivity (Wildman–Crippen MR) is 72.3 cm³/mol. The number of hydrogen-bond acceptors (Lipinski definition) is 5. The van der Waals surface area contributed by atoms with Gasteiger partial charge in [-0.1, -0.05) is 27.7 Å². The van der Waals surface area contributed by atoms with Crippen molar-refractivity contribution >= 4 is 16.1 Å². The van der Waals surface area contributed by atoms with Crippen molar-refractivity contribution < 1.29 is 22.1 Å². The van der Waals surface area contributed by atoms with Crippen LogP contribution in [0.4, 0.5) is 0 Å². The Bertz CT molecular complexity index is 538. The van der Waals surface area contributed by atoms with Crippen LogP contribution in [-0.4, -0.2) is 31.8 Å². The zero-order chi connectivity index (χ0) is 14.9. The number of carbonyl (C=O) groups excluding carboxylic acids is 1. The molecule has 0 aromatic carbocycles. The predicted octanol–water partition coefficient (Wildman–Crippen LogP) is 1.72. The summed E-state index contributed by atoms with van der Waals surface area (Å²) in [4.78, 5) is 12.0. The van der Waals surface area contributed by atoms with Gasteiger partial charge in [-0.2, -0.15) is 8.42 Å². The Balaban J connectivity index is 1.91. The lowest BCUT2D eigenvalue weighted by Crippen LogP contribution is -2.40. The van der Waals surface area contributed by atoms with Crippen LogP contribution < -0.4 is 0 Å². The number of esters is 1. The van der Waals surface area contributed by atoms with Crippen molar-refractivity contribution in [3.8, 4) is 0 Å². The molecule has 0 aromatic heterocycles. The minimum absolute atomic E-state index is 0.0489. The molecule has 3 rings (SSSR count). The highest BCUT2D eigenvalue weighted by Gasteiger charge is 2.73. The lowest BCUT2D eigenvalue weighted by atomic mass is 9.81. The van der Waals surface area contributed by atoms with Gasteiger partial charge in [-0.05, 0) is 18.3 Å². The Morgan fingerprint density at radius 2 is 2.10 bits per heavy atom. The second-order valence-electron chi connectivity index (χ2n) is 6.99. The van der Waals surface area contributed by atoms with Gasteiger partial charge < -0.3 is 4.74 Å². The van der Waals surface area contributed by atoms with Gasteiger partial charge in [-0.15, -0.1) is 0 Å². The number of fused-ring (bicyclic) bond motifs is 1. The van der Waals surface area contributed by atoms with E-state index in [-0.39, 0.29) is 35.2 Å². The van der Waals surface area contributed by atoms with Crippen molar-refractivity contribution in [1.82, 2.24) is 0 Å². The molecule has 5 nitrogen and oxygen atoms in total. The van der Waals surface area contributed by atoms with E-state index in [0.29, 0.717) is 12.8 Å². The van der Waals surface area contributed by atoms with Crippen LogP contribution in [0.3, 0.4) is 0 Å². The fraction of sp³-hybridized carbons (Fsp3) is 0.929. The zero-order valence-electron chi connectivity index (χ0n) is 12.3. The van der Waals surface area contributed by atoms with Gasteiger partial charge in [0.2, 0.25) is 0 Å². The average molecular weight is 302 g/mol. The van der Waals surface area contributed by atoms with E-state index >= 15 is 0 Å². The van der Waals surface area contributed by atoms with Crippen LogP contribution in [0.1, 0.15) is 40.5 Å². The average Bonchev–Trinajstić information content (AvgIpc) is 2.81. The van der Waals surface area contributed by atoms with Crippen LogP contribution in [0.5, 0.6) is 0 Å². The first-order valence-corrected chi connectivity index (χ1v) is 8.80. The molecule has 6 heteroatoms. The van der Waals surface area contributed by atoms with Gasteiger partial charge in [0, 0.05) is 11.8 Å². The summed E-state index contributed by atoms with van der Waals surface area (Å²) in [7, 11) is -3.61. The zero-order valence-corrected chi connectivity index (χ0v) is 13.1. The normalized spacial score (nSPS) is 44.5. The molecule has 1 saturated heterocycles. The molecule has 114 valence electrons. The van der Waals surface area contributed by atoms with Crippen molar-refractivity contribution in [2.75, 3.05) is 0 Å². The Labute approximate surface area is 120 Å².